The van der Waals surface area contributed by atoms with E-state index in [4.69, 9.17) is 19.9 Å². The molecule has 44 heavy (non-hydrogen) atoms. The van der Waals surface area contributed by atoms with Crippen LogP contribution in [0, 0.1) is 0 Å². The molecule has 234 valence electrons. The molecule has 0 unspecified atom stereocenters. The first-order valence-corrected chi connectivity index (χ1v) is 14.5. The van der Waals surface area contributed by atoms with Gasteiger partial charge < -0.3 is 30.4 Å². The van der Waals surface area contributed by atoms with Gasteiger partial charge in [-0.3, -0.25) is 4.79 Å². The van der Waals surface area contributed by atoms with Crippen molar-refractivity contribution >= 4 is 24.1 Å². The Labute approximate surface area is 256 Å². The first-order chi connectivity index (χ1) is 21.3. The van der Waals surface area contributed by atoms with Crippen LogP contribution in [0.25, 0.3) is 0 Å². The van der Waals surface area contributed by atoms with Gasteiger partial charge in [-0.05, 0) is 61.6 Å². The number of nitrogens with one attached hydrogen (secondary N) is 1. The number of unbranched alkanes of at least 4 members (excludes halogenated alkanes) is 1. The van der Waals surface area contributed by atoms with Gasteiger partial charge >= 0.3 is 18.2 Å². The zero-order chi connectivity index (χ0) is 31.7. The van der Waals surface area contributed by atoms with Crippen molar-refractivity contribution in [1.82, 2.24) is 10.2 Å². The fraction of sp³-hybridized carbons (Fsp3) is 0.333. The number of nitrogens with zero attached hydrogens (tertiary/aromatic N) is 1. The summed E-state index contributed by atoms with van der Waals surface area (Å²) in [5.74, 6) is -1.42. The van der Waals surface area contributed by atoms with E-state index in [9.17, 15) is 24.3 Å². The Balaban J connectivity index is 1.89. The molecule has 0 aliphatic heterocycles. The minimum Gasteiger partial charge on any atom is -0.508 e. The molecular formula is C33H39N3O8. The van der Waals surface area contributed by atoms with Gasteiger partial charge in [-0.2, -0.15) is 4.90 Å². The fourth-order valence-electron chi connectivity index (χ4n) is 4.34. The van der Waals surface area contributed by atoms with Crippen LogP contribution in [0.5, 0.6) is 5.75 Å². The molecule has 3 aromatic carbocycles. The maximum Gasteiger partial charge on any atom is 0.420 e. The van der Waals surface area contributed by atoms with Gasteiger partial charge in [0.1, 0.15) is 31.0 Å². The number of carbonyl (C=O) groups excluding carboxylic acids is 4. The number of ether oxygens (including phenoxy) is 3. The van der Waals surface area contributed by atoms with Crippen LogP contribution in [-0.4, -0.2) is 59.3 Å². The van der Waals surface area contributed by atoms with Crippen LogP contribution in [0.2, 0.25) is 0 Å². The summed E-state index contributed by atoms with van der Waals surface area (Å²) in [4.78, 5) is 54.3. The maximum absolute atomic E-state index is 13.9. The van der Waals surface area contributed by atoms with Gasteiger partial charge in [-0.25, -0.2) is 14.4 Å². The zero-order valence-electron chi connectivity index (χ0n) is 24.7. The van der Waals surface area contributed by atoms with E-state index in [-0.39, 0.29) is 38.4 Å². The summed E-state index contributed by atoms with van der Waals surface area (Å²) in [7, 11) is 0. The highest BCUT2D eigenvalue weighted by Crippen LogP contribution is 2.17. The van der Waals surface area contributed by atoms with Crippen molar-refractivity contribution in [2.75, 3.05) is 13.2 Å². The molecule has 0 aromatic heterocycles. The Bertz CT molecular complexity index is 1280. The quantitative estimate of drug-likeness (QED) is 0.129. The van der Waals surface area contributed by atoms with Gasteiger partial charge in [0.05, 0.1) is 6.61 Å². The van der Waals surface area contributed by atoms with Crippen LogP contribution in [0.15, 0.2) is 84.9 Å². The lowest BCUT2D eigenvalue weighted by Crippen LogP contribution is -2.56. The predicted molar refractivity (Wildman–Crippen MR) is 162 cm³/mol. The Morgan fingerprint density at radius 2 is 1.32 bits per heavy atom. The normalized spacial score (nSPS) is 12.0. The number of benzene rings is 3. The number of hydrogen-bond acceptors (Lipinski definition) is 9. The zero-order valence-corrected chi connectivity index (χ0v) is 24.7. The number of carbonyl (C=O) groups is 4. The molecule has 0 spiro atoms. The Morgan fingerprint density at radius 3 is 1.82 bits per heavy atom. The van der Waals surface area contributed by atoms with Crippen molar-refractivity contribution in [1.29, 1.82) is 0 Å². The van der Waals surface area contributed by atoms with E-state index < -0.39 is 36.1 Å². The van der Waals surface area contributed by atoms with Crippen molar-refractivity contribution in [2.24, 2.45) is 5.73 Å². The highest BCUT2D eigenvalue weighted by Gasteiger charge is 2.39. The minimum atomic E-state index is -1.38. The van der Waals surface area contributed by atoms with Gasteiger partial charge in [0, 0.05) is 6.42 Å². The van der Waals surface area contributed by atoms with Gasteiger partial charge in [-0.15, -0.1) is 0 Å². The van der Waals surface area contributed by atoms with Crippen molar-refractivity contribution in [3.05, 3.63) is 102 Å². The smallest absolute Gasteiger partial charge is 0.420 e. The number of aromatic hydroxyl groups is 1. The summed E-state index contributed by atoms with van der Waals surface area (Å²) in [6, 6.07) is 21.4. The summed E-state index contributed by atoms with van der Waals surface area (Å²) in [6.07, 6.45) is -1.16. The lowest BCUT2D eigenvalue weighted by molar-refractivity contribution is -0.147. The minimum absolute atomic E-state index is 0.0390. The molecule has 0 aliphatic carbocycles. The molecule has 0 fully saturated rings. The second-order valence-electron chi connectivity index (χ2n) is 9.93. The van der Waals surface area contributed by atoms with Crippen LogP contribution in [0.3, 0.4) is 0 Å². The Morgan fingerprint density at radius 1 is 0.773 bits per heavy atom. The summed E-state index contributed by atoms with van der Waals surface area (Å²) in [6.45, 7) is 1.75. The first-order valence-electron chi connectivity index (χ1n) is 14.5. The highest BCUT2D eigenvalue weighted by atomic mass is 16.6. The third-order valence-electron chi connectivity index (χ3n) is 6.61. The van der Waals surface area contributed by atoms with Crippen molar-refractivity contribution in [3.8, 4) is 5.75 Å². The number of imide groups is 1. The van der Waals surface area contributed by atoms with Crippen molar-refractivity contribution in [3.63, 3.8) is 0 Å². The summed E-state index contributed by atoms with van der Waals surface area (Å²) < 4.78 is 16.1. The van der Waals surface area contributed by atoms with Crippen molar-refractivity contribution in [2.45, 2.75) is 57.9 Å². The topological polar surface area (TPSA) is 157 Å². The second kappa shape index (κ2) is 17.9. The molecule has 3 rings (SSSR count). The van der Waals surface area contributed by atoms with Crippen LogP contribution in [0.1, 0.15) is 42.9 Å². The molecule has 11 nitrogen and oxygen atoms in total. The molecule has 11 heteroatoms. The molecule has 3 aromatic rings. The van der Waals surface area contributed by atoms with Crippen LogP contribution < -0.4 is 11.1 Å². The number of hydrogen-bond donors (Lipinski definition) is 3. The third-order valence-corrected chi connectivity index (χ3v) is 6.61. The largest absolute Gasteiger partial charge is 0.508 e. The molecule has 0 radical (unpaired) electrons. The number of amides is 3. The monoisotopic (exact) mass is 605 g/mol. The van der Waals surface area contributed by atoms with Crippen LogP contribution in [0.4, 0.5) is 9.59 Å². The lowest BCUT2D eigenvalue weighted by Gasteiger charge is -2.29. The molecule has 0 bridgehead atoms. The van der Waals surface area contributed by atoms with Gasteiger partial charge in [0.15, 0.2) is 0 Å². The first kappa shape index (κ1) is 33.6. The number of esters is 1. The van der Waals surface area contributed by atoms with E-state index in [1.807, 2.05) is 12.1 Å². The van der Waals surface area contributed by atoms with E-state index in [1.165, 1.54) is 12.1 Å². The Hall–Kier alpha value is -4.90. The molecule has 2 atom stereocenters. The lowest BCUT2D eigenvalue weighted by atomic mass is 10.0. The summed E-state index contributed by atoms with van der Waals surface area (Å²) in [5, 5.41) is 12.3. The third kappa shape index (κ3) is 10.7. The average molecular weight is 606 g/mol. The molecular weight excluding hydrogens is 566 g/mol. The molecule has 0 heterocycles. The maximum atomic E-state index is 13.9. The standard InChI is InChI=1S/C33H39N3O8/c1-2-42-31(39)28(21-24-16-18-27(37)19-17-24)35-30(38)29(15-9-10-20-34)36(32(40)43-22-25-11-5-3-6-12-25)33(41)44-23-26-13-7-4-8-14-26/h3-8,11-14,16-19,28-29,37H,2,9-10,15,20-23,34H2,1H3,(H,35,38)/t28-,29-/m0/s1. The molecule has 4 N–H and O–H groups in total. The number of phenols is 1. The highest BCUT2D eigenvalue weighted by molar-refractivity contribution is 5.96. The summed E-state index contributed by atoms with van der Waals surface area (Å²) >= 11 is 0. The average Bonchev–Trinajstić information content (AvgIpc) is 3.04. The second-order valence-corrected chi connectivity index (χ2v) is 9.93. The molecule has 0 saturated heterocycles. The molecule has 0 aliphatic rings. The number of nitrogens with two attached hydrogens (primary N) is 1. The van der Waals surface area contributed by atoms with Gasteiger partial charge in [0.2, 0.25) is 5.91 Å². The van der Waals surface area contributed by atoms with E-state index in [0.717, 1.165) is 0 Å². The van der Waals surface area contributed by atoms with Crippen LogP contribution in [-0.2, 0) is 43.4 Å². The number of rotatable bonds is 15. The molecule has 0 saturated carbocycles. The fourth-order valence-corrected chi connectivity index (χ4v) is 4.34. The van der Waals surface area contributed by atoms with E-state index in [1.54, 1.807) is 67.6 Å². The van der Waals surface area contributed by atoms with Gasteiger partial charge in [-0.1, -0.05) is 72.8 Å². The predicted octanol–water partition coefficient (Wildman–Crippen LogP) is 4.46. The van der Waals surface area contributed by atoms with Crippen molar-refractivity contribution < 1.29 is 38.5 Å². The van der Waals surface area contributed by atoms with Gasteiger partial charge in [0.25, 0.3) is 0 Å². The SMILES string of the molecule is CCOC(=O)[C@H](Cc1ccc(O)cc1)NC(=O)[C@H](CCCCN)N(C(=O)OCc1ccccc1)C(=O)OCc1ccccc1. The summed E-state index contributed by atoms with van der Waals surface area (Å²) in [5.41, 5.74) is 7.68. The van der Waals surface area contributed by atoms with E-state index in [2.05, 4.69) is 5.32 Å². The van der Waals surface area contributed by atoms with Crippen LogP contribution >= 0.6 is 0 Å². The Kier molecular flexibility index (Phi) is 13.7. The molecule has 3 amide bonds. The number of phenolic OH excluding ortho intramolecular Hbond substituents is 1. The van der Waals surface area contributed by atoms with E-state index in [0.29, 0.717) is 41.0 Å². The van der Waals surface area contributed by atoms with E-state index >= 15 is 0 Å².